The Morgan fingerprint density at radius 3 is 0.786 bits per heavy atom. The molecule has 0 aromatic carbocycles. The zero-order valence-electron chi connectivity index (χ0n) is 6.16. The van der Waals surface area contributed by atoms with Gasteiger partial charge in [0.15, 0.2) is 0 Å². The van der Waals surface area contributed by atoms with Gasteiger partial charge in [0.05, 0.1) is 0 Å². The summed E-state index contributed by atoms with van der Waals surface area (Å²) in [6, 6.07) is 0. The molecule has 0 aliphatic carbocycles. The molecule has 3 N–H and O–H groups in total. The number of rotatable bonds is 0. The fourth-order valence-electron chi connectivity index (χ4n) is 0. The predicted octanol–water partition coefficient (Wildman–Crippen LogP) is 1.16. The monoisotopic (exact) mass is 453 g/mol. The average molecular weight is 453 g/mol. The second-order valence-electron chi connectivity index (χ2n) is 0.542. The molecule has 0 aliphatic rings. The Morgan fingerprint density at radius 1 is 0.786 bits per heavy atom. The van der Waals surface area contributed by atoms with Crippen LogP contribution in [0.25, 0.3) is 16.2 Å². The summed E-state index contributed by atoms with van der Waals surface area (Å²) >= 11 is 11.1. The molecule has 0 saturated heterocycles. The molecule has 0 bridgehead atoms. The van der Waals surface area contributed by atoms with E-state index in [9.17, 15) is 0 Å². The Morgan fingerprint density at radius 2 is 0.786 bits per heavy atom. The van der Waals surface area contributed by atoms with Gasteiger partial charge in [-0.2, -0.15) is 15.5 Å². The van der Waals surface area contributed by atoms with Crippen molar-refractivity contribution in [1.29, 1.82) is 0 Å². The van der Waals surface area contributed by atoms with Crippen molar-refractivity contribution in [1.82, 2.24) is 0 Å². The molecule has 0 rings (SSSR count). The molecule has 82 valence electrons. The minimum Gasteiger partial charge on any atom is -0.753 e. The van der Waals surface area contributed by atoms with Crippen LogP contribution < -0.4 is 0 Å². The summed E-state index contributed by atoms with van der Waals surface area (Å²) in [7, 11) is -2.62. The van der Waals surface area contributed by atoms with Crippen LogP contribution in [0.5, 0.6) is 0 Å². The van der Waals surface area contributed by atoms with Crippen LogP contribution in [-0.4, -0.2) is 30.2 Å². The maximum Gasteiger partial charge on any atom is 3.00 e. The number of hydrogen-bond acceptors (Lipinski definition) is 6. The van der Waals surface area contributed by atoms with Crippen molar-refractivity contribution in [2.24, 2.45) is 0 Å². The molecule has 0 atom stereocenters. The van der Waals surface area contributed by atoms with Gasteiger partial charge in [0.25, 0.3) is 0 Å². The van der Waals surface area contributed by atoms with Crippen molar-refractivity contribution in [3.63, 3.8) is 0 Å². The summed E-state index contributed by atoms with van der Waals surface area (Å²) in [6.45, 7) is 0. The largest absolute Gasteiger partial charge is 3.00 e. The van der Waals surface area contributed by atoms with Crippen LogP contribution in [0.4, 0.5) is 0 Å². The Hall–Kier alpha value is 0.450. The van der Waals surface area contributed by atoms with Gasteiger partial charge in [-0.3, -0.25) is 0 Å². The van der Waals surface area contributed by atoms with Gasteiger partial charge in [0, 0.05) is 0 Å². The van der Waals surface area contributed by atoms with E-state index in [2.05, 4.69) is 36.7 Å². The first-order chi connectivity index (χ1) is 5.97. The van der Waals surface area contributed by atoms with Crippen LogP contribution in [0.1, 0.15) is 0 Å². The Balaban J connectivity index is -0.0000000254. The third-order valence-electron chi connectivity index (χ3n) is 0. The van der Waals surface area contributed by atoms with Crippen molar-refractivity contribution in [3.8, 4) is 0 Å². The van der Waals surface area contributed by atoms with E-state index >= 15 is 0 Å². The van der Waals surface area contributed by atoms with Crippen molar-refractivity contribution < 1.29 is 37.1 Å². The smallest absolute Gasteiger partial charge is 0.753 e. The van der Waals surface area contributed by atoms with E-state index in [0.29, 0.717) is 0 Å². The van der Waals surface area contributed by atoms with Crippen LogP contribution in [-0.2, 0) is 22.4 Å². The van der Waals surface area contributed by atoms with E-state index in [1.54, 1.807) is 0 Å². The van der Waals surface area contributed by atoms with E-state index in [1.807, 2.05) is 0 Å². The zero-order chi connectivity index (χ0) is 11.7. The first-order valence-corrected chi connectivity index (χ1v) is 4.31. The molecule has 0 radical (unpaired) electrons. The van der Waals surface area contributed by atoms with Crippen LogP contribution in [0.15, 0.2) is 0 Å². The number of hydrogen-bond donors (Lipinski definition) is 3. The summed E-state index contributed by atoms with van der Waals surface area (Å²) in [5.74, 6) is 0. The van der Waals surface area contributed by atoms with Gasteiger partial charge in [-0.1, -0.05) is 36.7 Å². The molecule has 0 aliphatic heterocycles. The van der Waals surface area contributed by atoms with E-state index in [0.717, 1.165) is 0 Å². The molecular formula is C3H3AuN3O3PS3. The molecule has 6 nitrogen and oxygen atoms in total. The molecule has 0 aromatic rings. The maximum absolute atomic E-state index is 7.23. The van der Waals surface area contributed by atoms with Gasteiger partial charge in [0.2, 0.25) is 0 Å². The van der Waals surface area contributed by atoms with E-state index in [4.69, 9.17) is 30.9 Å². The van der Waals surface area contributed by atoms with Gasteiger partial charge < -0.3 is 30.9 Å². The molecule has 11 heteroatoms. The number of nitrogens with zero attached hydrogens (tertiary/aromatic N) is 3. The molecule has 0 unspecified atom stereocenters. The topological polar surface area (TPSA) is 128 Å². The maximum atomic E-state index is 7.23. The molecule has 0 saturated carbocycles. The number of thiocarbonyl (C=S) groups is 3. The second kappa shape index (κ2) is 50.1. The standard InChI is InChI=1S/3CNS.Au.H3O3P/c3*2-1-3;;1-4(2)3/h;;;;1-3H/q3*-1;+3;. The summed E-state index contributed by atoms with van der Waals surface area (Å²) < 4.78 is 0. The SMILES string of the molecule is OP(O)O.[Au+3].[N-]=C=S.[N-]=C=S.[N-]=C=S. The van der Waals surface area contributed by atoms with E-state index in [-0.39, 0.29) is 22.4 Å². The molecule has 0 fully saturated rings. The predicted molar refractivity (Wildman–Crippen MR) is 61.4 cm³/mol. The second-order valence-corrected chi connectivity index (χ2v) is 1.63. The average Bonchev–Trinajstić information content (AvgIpc) is 1.88. The third kappa shape index (κ3) is 8050. The van der Waals surface area contributed by atoms with Crippen molar-refractivity contribution >= 4 is 60.7 Å². The first-order valence-electron chi connectivity index (χ1n) is 1.88. The van der Waals surface area contributed by atoms with Gasteiger partial charge in [0.1, 0.15) is 0 Å². The molecule has 14 heavy (non-hydrogen) atoms. The number of isothiocyanates is 3. The van der Waals surface area contributed by atoms with Crippen LogP contribution in [0, 0.1) is 0 Å². The quantitative estimate of drug-likeness (QED) is 0.219. The Kier molecular flexibility index (Phi) is 105. The summed E-state index contributed by atoms with van der Waals surface area (Å²) in [5.41, 5.74) is 0. The van der Waals surface area contributed by atoms with Crippen LogP contribution >= 0.6 is 45.3 Å². The van der Waals surface area contributed by atoms with Gasteiger partial charge >= 0.3 is 31.0 Å². The van der Waals surface area contributed by atoms with Gasteiger partial charge in [-0.15, -0.1) is 0 Å². The van der Waals surface area contributed by atoms with Crippen molar-refractivity contribution in [2.75, 3.05) is 0 Å². The molecule has 0 aromatic heterocycles. The molecule has 0 heterocycles. The van der Waals surface area contributed by atoms with Crippen molar-refractivity contribution in [3.05, 3.63) is 16.2 Å². The summed E-state index contributed by atoms with van der Waals surface area (Å²) in [6.07, 6.45) is 0. The molecule has 0 amide bonds. The zero-order valence-corrected chi connectivity index (χ0v) is 11.7. The minimum atomic E-state index is -2.62. The molecular weight excluding hydrogens is 450 g/mol. The van der Waals surface area contributed by atoms with Gasteiger partial charge in [-0.25, -0.2) is 0 Å². The summed E-state index contributed by atoms with van der Waals surface area (Å²) in [5, 5.41) is 25.4. The van der Waals surface area contributed by atoms with Crippen molar-refractivity contribution in [2.45, 2.75) is 0 Å². The Labute approximate surface area is 113 Å². The fraction of sp³-hybridized carbons (Fsp3) is 0. The summed E-state index contributed by atoms with van der Waals surface area (Å²) in [4.78, 5) is 21.7. The fourth-order valence-corrected chi connectivity index (χ4v) is 0. The van der Waals surface area contributed by atoms with E-state index in [1.165, 1.54) is 15.5 Å². The first kappa shape index (κ1) is 29.3. The van der Waals surface area contributed by atoms with E-state index < -0.39 is 8.60 Å². The third-order valence-corrected chi connectivity index (χ3v) is 0. The van der Waals surface area contributed by atoms with Crippen LogP contribution in [0.3, 0.4) is 0 Å². The Bertz CT molecular complexity index is 155. The normalized spacial score (nSPS) is 4.29. The van der Waals surface area contributed by atoms with Crippen LogP contribution in [0.2, 0.25) is 0 Å². The van der Waals surface area contributed by atoms with Gasteiger partial charge in [-0.05, 0) is 0 Å². The minimum absolute atomic E-state index is 0. The molecule has 0 spiro atoms.